The van der Waals surface area contributed by atoms with E-state index in [2.05, 4.69) is 38.0 Å². The molecule has 1 saturated carbocycles. The zero-order valence-corrected chi connectivity index (χ0v) is 12.8. The molecule has 1 aliphatic heterocycles. The van der Waals surface area contributed by atoms with Crippen molar-refractivity contribution in [3.05, 3.63) is 0 Å². The third kappa shape index (κ3) is 3.48. The molecule has 0 aromatic heterocycles. The van der Waals surface area contributed by atoms with Gasteiger partial charge in [-0.25, -0.2) is 0 Å². The van der Waals surface area contributed by atoms with Gasteiger partial charge in [-0.3, -0.25) is 0 Å². The fourth-order valence-corrected chi connectivity index (χ4v) is 3.82. The van der Waals surface area contributed by atoms with Crippen LogP contribution in [-0.4, -0.2) is 37.1 Å². The van der Waals surface area contributed by atoms with Crippen LogP contribution in [0.25, 0.3) is 0 Å². The lowest BCUT2D eigenvalue weighted by Gasteiger charge is -2.44. The van der Waals surface area contributed by atoms with E-state index < -0.39 is 0 Å². The highest BCUT2D eigenvalue weighted by Gasteiger charge is 2.34. The molecule has 1 saturated heterocycles. The summed E-state index contributed by atoms with van der Waals surface area (Å²) in [5.74, 6) is 0.929. The minimum absolute atomic E-state index is 0.465. The lowest BCUT2D eigenvalue weighted by Crippen LogP contribution is -2.54. The summed E-state index contributed by atoms with van der Waals surface area (Å²) in [6.45, 7) is 9.72. The van der Waals surface area contributed by atoms with Crippen molar-refractivity contribution >= 4 is 0 Å². The van der Waals surface area contributed by atoms with Crippen molar-refractivity contribution in [2.24, 2.45) is 11.3 Å². The van der Waals surface area contributed by atoms with Crippen molar-refractivity contribution in [3.8, 4) is 0 Å². The van der Waals surface area contributed by atoms with Gasteiger partial charge in [0.1, 0.15) is 0 Å². The van der Waals surface area contributed by atoms with E-state index in [9.17, 15) is 0 Å². The van der Waals surface area contributed by atoms with Crippen LogP contribution in [0, 0.1) is 11.3 Å². The second kappa shape index (κ2) is 5.92. The van der Waals surface area contributed by atoms with Gasteiger partial charge < -0.3 is 10.2 Å². The molecular formula is C16H32N2. The molecule has 18 heavy (non-hydrogen) atoms. The Morgan fingerprint density at radius 3 is 2.67 bits per heavy atom. The number of piperidine rings is 1. The molecule has 2 nitrogen and oxygen atoms in total. The van der Waals surface area contributed by atoms with E-state index in [1.54, 1.807) is 0 Å². The summed E-state index contributed by atoms with van der Waals surface area (Å²) < 4.78 is 0. The molecule has 0 bridgehead atoms. The molecule has 106 valence electrons. The van der Waals surface area contributed by atoms with Crippen molar-refractivity contribution < 1.29 is 0 Å². The minimum Gasteiger partial charge on any atom is -0.312 e. The topological polar surface area (TPSA) is 15.3 Å². The fraction of sp³-hybridized carbons (Fsp3) is 1.00. The third-order valence-electron chi connectivity index (χ3n) is 5.33. The Morgan fingerprint density at radius 2 is 2.00 bits per heavy atom. The van der Waals surface area contributed by atoms with Crippen LogP contribution in [0.1, 0.15) is 59.3 Å². The van der Waals surface area contributed by atoms with Crippen LogP contribution < -0.4 is 5.32 Å². The standard InChI is InChI=1S/C16H32N2/c1-13-7-5-8-14(11-13)18(4)12-15-16(2,3)9-6-10-17-15/h13-15,17H,5-12H2,1-4H3. The molecule has 0 aromatic rings. The highest BCUT2D eigenvalue weighted by atomic mass is 15.2. The van der Waals surface area contributed by atoms with Crippen LogP contribution in [-0.2, 0) is 0 Å². The first kappa shape index (κ1) is 14.3. The van der Waals surface area contributed by atoms with Gasteiger partial charge in [0.15, 0.2) is 0 Å². The van der Waals surface area contributed by atoms with Crippen LogP contribution in [0.4, 0.5) is 0 Å². The van der Waals surface area contributed by atoms with Crippen molar-refractivity contribution in [3.63, 3.8) is 0 Å². The van der Waals surface area contributed by atoms with E-state index in [1.807, 2.05) is 0 Å². The molecule has 0 spiro atoms. The van der Waals surface area contributed by atoms with Gasteiger partial charge >= 0.3 is 0 Å². The van der Waals surface area contributed by atoms with Gasteiger partial charge in [-0.05, 0) is 50.6 Å². The predicted molar refractivity (Wildman–Crippen MR) is 78.9 cm³/mol. The second-order valence-electron chi connectivity index (χ2n) is 7.46. The van der Waals surface area contributed by atoms with Gasteiger partial charge in [-0.1, -0.05) is 33.6 Å². The van der Waals surface area contributed by atoms with Gasteiger partial charge in [-0.2, -0.15) is 0 Å². The van der Waals surface area contributed by atoms with Gasteiger partial charge in [-0.15, -0.1) is 0 Å². The molecule has 0 radical (unpaired) electrons. The number of rotatable bonds is 3. The van der Waals surface area contributed by atoms with Crippen LogP contribution in [0.3, 0.4) is 0 Å². The first-order valence-corrected chi connectivity index (χ1v) is 7.92. The Bertz CT molecular complexity index is 262. The van der Waals surface area contributed by atoms with E-state index in [0.717, 1.165) is 12.0 Å². The molecule has 3 atom stereocenters. The SMILES string of the molecule is CC1CCCC(N(C)CC2NCCCC2(C)C)C1. The maximum absolute atomic E-state index is 3.75. The van der Waals surface area contributed by atoms with Crippen molar-refractivity contribution in [1.82, 2.24) is 10.2 Å². The maximum atomic E-state index is 3.75. The maximum Gasteiger partial charge on any atom is 0.0246 e. The summed E-state index contributed by atoms with van der Waals surface area (Å²) in [4.78, 5) is 2.64. The molecule has 2 aliphatic rings. The lowest BCUT2D eigenvalue weighted by molar-refractivity contribution is 0.0961. The summed E-state index contributed by atoms with van der Waals surface area (Å²) in [7, 11) is 2.34. The summed E-state index contributed by atoms with van der Waals surface area (Å²) in [6.07, 6.45) is 8.40. The molecule has 1 N–H and O–H groups in total. The number of likely N-dealkylation sites (N-methyl/N-ethyl adjacent to an activating group) is 1. The Kier molecular flexibility index (Phi) is 4.71. The van der Waals surface area contributed by atoms with Crippen molar-refractivity contribution in [2.45, 2.75) is 71.4 Å². The third-order valence-corrected chi connectivity index (χ3v) is 5.33. The molecule has 3 unspecified atom stereocenters. The zero-order valence-electron chi connectivity index (χ0n) is 12.8. The minimum atomic E-state index is 0.465. The van der Waals surface area contributed by atoms with Crippen LogP contribution in [0.15, 0.2) is 0 Å². The Hall–Kier alpha value is -0.0800. The lowest BCUT2D eigenvalue weighted by atomic mass is 9.77. The summed E-state index contributed by atoms with van der Waals surface area (Å²) >= 11 is 0. The Labute approximate surface area is 114 Å². The number of nitrogens with zero attached hydrogens (tertiary/aromatic N) is 1. The van der Waals surface area contributed by atoms with Crippen molar-refractivity contribution in [2.75, 3.05) is 20.1 Å². The van der Waals surface area contributed by atoms with Crippen molar-refractivity contribution in [1.29, 1.82) is 0 Å². The zero-order chi connectivity index (χ0) is 13.2. The molecule has 0 amide bonds. The highest BCUT2D eigenvalue weighted by Crippen LogP contribution is 2.32. The molecule has 1 heterocycles. The highest BCUT2D eigenvalue weighted by molar-refractivity contribution is 4.91. The first-order chi connectivity index (χ1) is 8.49. The normalized spacial score (nSPS) is 36.8. The smallest absolute Gasteiger partial charge is 0.0246 e. The molecule has 2 heteroatoms. The average Bonchev–Trinajstić information content (AvgIpc) is 2.31. The van der Waals surface area contributed by atoms with Crippen LogP contribution in [0.5, 0.6) is 0 Å². The number of hydrogen-bond donors (Lipinski definition) is 1. The Balaban J connectivity index is 1.87. The average molecular weight is 252 g/mol. The second-order valence-corrected chi connectivity index (χ2v) is 7.46. The molecule has 0 aromatic carbocycles. The van der Waals surface area contributed by atoms with Gasteiger partial charge in [0.05, 0.1) is 0 Å². The molecule has 1 aliphatic carbocycles. The largest absolute Gasteiger partial charge is 0.312 e. The summed E-state index contributed by atoms with van der Waals surface area (Å²) in [5.41, 5.74) is 0.465. The summed E-state index contributed by atoms with van der Waals surface area (Å²) in [6, 6.07) is 1.50. The van der Waals surface area contributed by atoms with E-state index in [4.69, 9.17) is 0 Å². The van der Waals surface area contributed by atoms with E-state index in [0.29, 0.717) is 11.5 Å². The quantitative estimate of drug-likeness (QED) is 0.829. The van der Waals surface area contributed by atoms with Crippen LogP contribution >= 0.6 is 0 Å². The van der Waals surface area contributed by atoms with E-state index in [1.165, 1.54) is 51.6 Å². The first-order valence-electron chi connectivity index (χ1n) is 7.92. The Morgan fingerprint density at radius 1 is 1.22 bits per heavy atom. The molecule has 2 rings (SSSR count). The number of hydrogen-bond acceptors (Lipinski definition) is 2. The van der Waals surface area contributed by atoms with Gasteiger partial charge in [0, 0.05) is 18.6 Å². The van der Waals surface area contributed by atoms with Gasteiger partial charge in [0.25, 0.3) is 0 Å². The van der Waals surface area contributed by atoms with Gasteiger partial charge in [0.2, 0.25) is 0 Å². The van der Waals surface area contributed by atoms with E-state index in [-0.39, 0.29) is 0 Å². The predicted octanol–water partition coefficient (Wildman–Crippen LogP) is 3.28. The fourth-order valence-electron chi connectivity index (χ4n) is 3.82. The summed E-state index contributed by atoms with van der Waals surface area (Å²) in [5, 5.41) is 3.75. The molecule has 2 fully saturated rings. The van der Waals surface area contributed by atoms with E-state index >= 15 is 0 Å². The number of nitrogens with one attached hydrogen (secondary N) is 1. The molecular weight excluding hydrogens is 220 g/mol. The monoisotopic (exact) mass is 252 g/mol. The van der Waals surface area contributed by atoms with Crippen LogP contribution in [0.2, 0.25) is 0 Å².